The first kappa shape index (κ1) is 20.0. The highest BCUT2D eigenvalue weighted by molar-refractivity contribution is 5.97. The molecule has 0 spiro atoms. The van der Waals surface area contributed by atoms with Gasteiger partial charge in [-0.05, 0) is 37.3 Å². The Morgan fingerprint density at radius 2 is 1.74 bits per heavy atom. The number of nitrogens with zero attached hydrogens (tertiary/aromatic N) is 4. The topological polar surface area (TPSA) is 108 Å². The van der Waals surface area contributed by atoms with Crippen LogP contribution in [0.4, 0.5) is 5.69 Å². The Morgan fingerprint density at radius 3 is 2.48 bits per heavy atom. The number of benzene rings is 2. The molecule has 0 atom stereocenters. The molecule has 0 radical (unpaired) electrons. The molecule has 0 saturated carbocycles. The molecule has 0 aliphatic carbocycles. The molecule has 2 aromatic carbocycles. The zero-order chi connectivity index (χ0) is 22.0. The number of esters is 1. The van der Waals surface area contributed by atoms with Gasteiger partial charge < -0.3 is 10.1 Å². The van der Waals surface area contributed by atoms with Crippen LogP contribution in [0.1, 0.15) is 16.1 Å². The van der Waals surface area contributed by atoms with Gasteiger partial charge in [-0.2, -0.15) is 0 Å². The molecule has 0 aliphatic rings. The van der Waals surface area contributed by atoms with Crippen molar-refractivity contribution in [3.05, 3.63) is 82.5 Å². The fourth-order valence-electron chi connectivity index (χ4n) is 3.19. The van der Waals surface area contributed by atoms with Gasteiger partial charge in [-0.3, -0.25) is 24.2 Å². The molecular formula is C22H19N5O4. The summed E-state index contributed by atoms with van der Waals surface area (Å²) in [6, 6.07) is 13.8. The third kappa shape index (κ3) is 3.93. The van der Waals surface area contributed by atoms with E-state index in [1.807, 2.05) is 18.2 Å². The highest BCUT2D eigenvalue weighted by Crippen LogP contribution is 2.14. The van der Waals surface area contributed by atoms with Crippen LogP contribution >= 0.6 is 0 Å². The molecule has 0 unspecified atom stereocenters. The maximum absolute atomic E-state index is 12.8. The molecular weight excluding hydrogens is 398 g/mol. The molecule has 2 aromatic heterocycles. The van der Waals surface area contributed by atoms with Crippen LogP contribution in [0.2, 0.25) is 0 Å². The third-order valence-corrected chi connectivity index (χ3v) is 4.86. The van der Waals surface area contributed by atoms with Crippen LogP contribution in [0.3, 0.4) is 0 Å². The van der Waals surface area contributed by atoms with Gasteiger partial charge >= 0.3 is 5.97 Å². The van der Waals surface area contributed by atoms with Crippen LogP contribution in [0.5, 0.6) is 0 Å². The number of hydrogen-bond acceptors (Lipinski definition) is 6. The fourth-order valence-corrected chi connectivity index (χ4v) is 3.19. The lowest BCUT2D eigenvalue weighted by Crippen LogP contribution is -2.25. The quantitative estimate of drug-likeness (QED) is 0.499. The molecule has 4 aromatic rings. The highest BCUT2D eigenvalue weighted by atomic mass is 16.5. The molecule has 9 nitrogen and oxygen atoms in total. The minimum absolute atomic E-state index is 0.133. The summed E-state index contributed by atoms with van der Waals surface area (Å²) in [6.45, 7) is 1.19. The normalized spacial score (nSPS) is 10.8. The van der Waals surface area contributed by atoms with Crippen molar-refractivity contribution in [3.63, 3.8) is 0 Å². The lowest BCUT2D eigenvalue weighted by molar-refractivity contribution is -0.119. The second kappa shape index (κ2) is 8.23. The maximum atomic E-state index is 12.8. The Bertz CT molecular complexity index is 1340. The van der Waals surface area contributed by atoms with E-state index < -0.39 is 18.5 Å². The molecule has 1 amide bonds. The third-order valence-electron chi connectivity index (χ3n) is 4.86. The second-order valence-corrected chi connectivity index (χ2v) is 6.82. The summed E-state index contributed by atoms with van der Waals surface area (Å²) in [4.78, 5) is 45.8. The van der Waals surface area contributed by atoms with E-state index >= 15 is 0 Å². The van der Waals surface area contributed by atoms with Gasteiger partial charge in [-0.1, -0.05) is 18.2 Å². The van der Waals surface area contributed by atoms with E-state index in [2.05, 4.69) is 15.3 Å². The lowest BCUT2D eigenvalue weighted by atomic mass is 10.2. The van der Waals surface area contributed by atoms with Crippen LogP contribution in [0, 0.1) is 6.92 Å². The number of nitrogens with one attached hydrogen (secondary N) is 1. The number of carbonyl (C=O) groups is 2. The predicted molar refractivity (Wildman–Crippen MR) is 114 cm³/mol. The average Bonchev–Trinajstić information content (AvgIpc) is 3.00. The summed E-state index contributed by atoms with van der Waals surface area (Å²) in [5.74, 6) is -1.28. The van der Waals surface area contributed by atoms with Crippen molar-refractivity contribution in [1.82, 2.24) is 19.3 Å². The fraction of sp³-hybridized carbons (Fsp3) is 0.136. The zero-order valence-electron chi connectivity index (χ0n) is 16.9. The summed E-state index contributed by atoms with van der Waals surface area (Å²) in [6.07, 6.45) is 3.08. The number of fused-ring (bicyclic) bond motifs is 1. The van der Waals surface area contributed by atoms with E-state index in [4.69, 9.17) is 4.74 Å². The van der Waals surface area contributed by atoms with Gasteiger partial charge in [0.15, 0.2) is 6.61 Å². The molecule has 0 saturated heterocycles. The van der Waals surface area contributed by atoms with E-state index in [-0.39, 0.29) is 16.8 Å². The first-order valence-electron chi connectivity index (χ1n) is 9.47. The van der Waals surface area contributed by atoms with Crippen molar-refractivity contribution in [2.45, 2.75) is 6.92 Å². The van der Waals surface area contributed by atoms with Crippen LogP contribution in [0.25, 0.3) is 16.7 Å². The van der Waals surface area contributed by atoms with Gasteiger partial charge in [0.2, 0.25) is 0 Å². The van der Waals surface area contributed by atoms with E-state index in [9.17, 15) is 14.4 Å². The molecule has 4 rings (SSSR count). The highest BCUT2D eigenvalue weighted by Gasteiger charge is 2.19. The Balaban J connectivity index is 1.46. The van der Waals surface area contributed by atoms with Crippen molar-refractivity contribution in [2.24, 2.45) is 7.05 Å². The summed E-state index contributed by atoms with van der Waals surface area (Å²) in [5.41, 5.74) is 2.44. The van der Waals surface area contributed by atoms with Crippen LogP contribution in [-0.4, -0.2) is 37.8 Å². The SMILES string of the molecule is Cc1c(NC(=O)COC(=O)c2ccc3nccnc3c2)c(=O)n(-c2ccccc2)n1C. The number of para-hydroxylation sites is 1. The Labute approximate surface area is 176 Å². The van der Waals surface area contributed by atoms with Crippen molar-refractivity contribution < 1.29 is 14.3 Å². The molecule has 0 fully saturated rings. The average molecular weight is 417 g/mol. The van der Waals surface area contributed by atoms with E-state index in [0.717, 1.165) is 0 Å². The predicted octanol–water partition coefficient (Wildman–Crippen LogP) is 2.22. The standard InChI is InChI=1S/C22H19N5O4/c1-14-20(21(29)27(26(14)2)16-6-4-3-5-7-16)25-19(28)13-31-22(30)15-8-9-17-18(12-15)24-11-10-23-17/h3-12H,13H2,1-2H3,(H,25,28). The molecule has 0 aliphatic heterocycles. The largest absolute Gasteiger partial charge is 0.452 e. The van der Waals surface area contributed by atoms with Crippen LogP contribution in [0.15, 0.2) is 65.7 Å². The number of aromatic nitrogens is 4. The van der Waals surface area contributed by atoms with Gasteiger partial charge in [0, 0.05) is 19.4 Å². The molecule has 31 heavy (non-hydrogen) atoms. The summed E-state index contributed by atoms with van der Waals surface area (Å²) in [5, 5.41) is 2.55. The molecule has 0 bridgehead atoms. The first-order valence-corrected chi connectivity index (χ1v) is 9.47. The Morgan fingerprint density at radius 1 is 1.03 bits per heavy atom. The monoisotopic (exact) mass is 417 g/mol. The number of hydrogen-bond donors (Lipinski definition) is 1. The van der Waals surface area contributed by atoms with Crippen LogP contribution in [-0.2, 0) is 16.6 Å². The number of carbonyl (C=O) groups excluding carboxylic acids is 2. The molecule has 1 N–H and O–H groups in total. The molecule has 156 valence electrons. The van der Waals surface area contributed by atoms with Crippen LogP contribution < -0.4 is 10.9 Å². The van der Waals surface area contributed by atoms with E-state index in [1.54, 1.807) is 55.2 Å². The van der Waals surface area contributed by atoms with E-state index in [0.29, 0.717) is 22.4 Å². The minimum Gasteiger partial charge on any atom is -0.452 e. The Hall–Kier alpha value is -4.27. The van der Waals surface area contributed by atoms with Crippen molar-refractivity contribution in [1.29, 1.82) is 0 Å². The van der Waals surface area contributed by atoms with Gasteiger partial charge in [-0.25, -0.2) is 9.48 Å². The minimum atomic E-state index is -0.672. The van der Waals surface area contributed by atoms with Gasteiger partial charge in [0.25, 0.3) is 11.5 Å². The number of rotatable bonds is 5. The number of amides is 1. The number of ether oxygens (including phenoxy) is 1. The van der Waals surface area contributed by atoms with Gasteiger partial charge in [-0.15, -0.1) is 0 Å². The van der Waals surface area contributed by atoms with Crippen molar-refractivity contribution in [2.75, 3.05) is 11.9 Å². The first-order chi connectivity index (χ1) is 15.0. The molecule has 9 heteroatoms. The lowest BCUT2D eigenvalue weighted by Gasteiger charge is -2.07. The van der Waals surface area contributed by atoms with E-state index in [1.165, 1.54) is 10.9 Å². The van der Waals surface area contributed by atoms with Gasteiger partial charge in [0.1, 0.15) is 5.69 Å². The van der Waals surface area contributed by atoms with Crippen molar-refractivity contribution >= 4 is 28.6 Å². The maximum Gasteiger partial charge on any atom is 0.338 e. The molecule has 2 heterocycles. The number of anilines is 1. The van der Waals surface area contributed by atoms with Crippen molar-refractivity contribution in [3.8, 4) is 5.69 Å². The smallest absolute Gasteiger partial charge is 0.338 e. The summed E-state index contributed by atoms with van der Waals surface area (Å²) >= 11 is 0. The second-order valence-electron chi connectivity index (χ2n) is 6.82. The summed E-state index contributed by atoms with van der Waals surface area (Å²) < 4.78 is 8.20. The summed E-state index contributed by atoms with van der Waals surface area (Å²) in [7, 11) is 1.72. The van der Waals surface area contributed by atoms with Gasteiger partial charge in [0.05, 0.1) is 28.0 Å². The Kier molecular flexibility index (Phi) is 5.31. The zero-order valence-corrected chi connectivity index (χ0v) is 16.9.